The molecule has 0 unspecified atom stereocenters. The lowest BCUT2D eigenvalue weighted by molar-refractivity contribution is 0.406. The lowest BCUT2D eigenvalue weighted by Crippen LogP contribution is -2.12. The highest BCUT2D eigenvalue weighted by Crippen LogP contribution is 2.28. The Balaban J connectivity index is 0.00000225. The van der Waals surface area contributed by atoms with Gasteiger partial charge < -0.3 is 14.5 Å². The van der Waals surface area contributed by atoms with Gasteiger partial charge in [-0.2, -0.15) is 0 Å². The molecule has 1 N–H and O–H groups in total. The van der Waals surface area contributed by atoms with Crippen LogP contribution in [0.15, 0.2) is 63.5 Å². The summed E-state index contributed by atoms with van der Waals surface area (Å²) in [7, 11) is 1.69. The summed E-state index contributed by atoms with van der Waals surface area (Å²) in [6.45, 7) is 3.49. The van der Waals surface area contributed by atoms with Crippen molar-refractivity contribution in [3.8, 4) is 17.1 Å². The zero-order valence-corrected chi connectivity index (χ0v) is 16.6. The van der Waals surface area contributed by atoms with E-state index >= 15 is 0 Å². The first-order valence-electron chi connectivity index (χ1n) is 7.85. The number of aryl methyl sites for hydroxylation is 1. The molecule has 0 bridgehead atoms. The maximum Gasteiger partial charge on any atom is 0.134 e. The summed E-state index contributed by atoms with van der Waals surface area (Å²) in [6.07, 6.45) is 0. The van der Waals surface area contributed by atoms with Crippen molar-refractivity contribution >= 4 is 28.3 Å². The second-order valence-corrected chi connectivity index (χ2v) is 6.56. The van der Waals surface area contributed by atoms with Gasteiger partial charge in [0.05, 0.1) is 13.7 Å². The minimum atomic E-state index is 0. The van der Waals surface area contributed by atoms with Crippen molar-refractivity contribution in [3.63, 3.8) is 0 Å². The molecule has 2 aromatic carbocycles. The van der Waals surface area contributed by atoms with Gasteiger partial charge in [0.15, 0.2) is 0 Å². The van der Waals surface area contributed by atoms with Crippen LogP contribution in [0, 0.1) is 6.92 Å². The minimum Gasteiger partial charge on any atom is -0.496 e. The van der Waals surface area contributed by atoms with Crippen LogP contribution in [0.4, 0.5) is 0 Å². The van der Waals surface area contributed by atoms with E-state index in [1.54, 1.807) is 7.11 Å². The first-order valence-corrected chi connectivity index (χ1v) is 8.64. The highest BCUT2D eigenvalue weighted by atomic mass is 79.9. The van der Waals surface area contributed by atoms with Crippen LogP contribution in [-0.2, 0) is 13.1 Å². The normalized spacial score (nSPS) is 10.4. The molecule has 0 aliphatic rings. The monoisotopic (exact) mass is 421 g/mol. The third kappa shape index (κ3) is 4.88. The van der Waals surface area contributed by atoms with Gasteiger partial charge in [-0.15, -0.1) is 12.4 Å². The maximum atomic E-state index is 5.98. The molecular formula is C20H21BrClNO2. The first-order chi connectivity index (χ1) is 11.7. The van der Waals surface area contributed by atoms with Crippen LogP contribution in [0.25, 0.3) is 11.3 Å². The van der Waals surface area contributed by atoms with Crippen LogP contribution < -0.4 is 10.1 Å². The summed E-state index contributed by atoms with van der Waals surface area (Å²) < 4.78 is 12.4. The largest absolute Gasteiger partial charge is 0.496 e. The smallest absolute Gasteiger partial charge is 0.134 e. The molecule has 132 valence electrons. The summed E-state index contributed by atoms with van der Waals surface area (Å²) >= 11 is 3.49. The third-order valence-electron chi connectivity index (χ3n) is 3.92. The molecule has 0 saturated carbocycles. The lowest BCUT2D eigenvalue weighted by Gasteiger charge is -2.08. The number of hydrogen-bond donors (Lipinski definition) is 1. The number of nitrogens with one attached hydrogen (secondary N) is 1. The molecule has 3 aromatic rings. The predicted octanol–water partition coefficient (Wildman–Crippen LogP) is 5.74. The molecule has 0 radical (unpaired) electrons. The number of halogens is 2. The van der Waals surface area contributed by atoms with Crippen molar-refractivity contribution in [1.29, 1.82) is 0 Å². The molecule has 1 aromatic heterocycles. The molecule has 3 rings (SSSR count). The van der Waals surface area contributed by atoms with Crippen molar-refractivity contribution in [2.45, 2.75) is 20.0 Å². The van der Waals surface area contributed by atoms with Crippen molar-refractivity contribution in [1.82, 2.24) is 5.32 Å². The van der Waals surface area contributed by atoms with Gasteiger partial charge in [0.2, 0.25) is 0 Å². The fourth-order valence-electron chi connectivity index (χ4n) is 2.69. The van der Waals surface area contributed by atoms with Crippen LogP contribution in [0.2, 0.25) is 0 Å². The van der Waals surface area contributed by atoms with Crippen LogP contribution in [0.3, 0.4) is 0 Å². The molecule has 5 heteroatoms. The molecule has 0 aliphatic heterocycles. The Hall–Kier alpha value is -1.75. The van der Waals surface area contributed by atoms with Gasteiger partial charge >= 0.3 is 0 Å². The van der Waals surface area contributed by atoms with Crippen LogP contribution >= 0.6 is 28.3 Å². The summed E-state index contributed by atoms with van der Waals surface area (Å²) in [4.78, 5) is 0. The van der Waals surface area contributed by atoms with Gasteiger partial charge in [0.25, 0.3) is 0 Å². The van der Waals surface area contributed by atoms with E-state index in [1.165, 1.54) is 5.56 Å². The molecule has 0 aliphatic carbocycles. The number of hydrogen-bond acceptors (Lipinski definition) is 3. The highest BCUT2D eigenvalue weighted by Gasteiger charge is 2.08. The molecule has 0 atom stereocenters. The number of ether oxygens (including phenoxy) is 1. The fourth-order valence-corrected chi connectivity index (χ4v) is 3.17. The second-order valence-electron chi connectivity index (χ2n) is 5.64. The number of para-hydroxylation sites is 1. The maximum absolute atomic E-state index is 5.98. The van der Waals surface area contributed by atoms with Gasteiger partial charge in [-0.25, -0.2) is 0 Å². The summed E-state index contributed by atoms with van der Waals surface area (Å²) in [6, 6.07) is 18.3. The van der Waals surface area contributed by atoms with Crippen LogP contribution in [0.1, 0.15) is 16.9 Å². The number of rotatable bonds is 6. The standard InChI is InChI=1S/C20H20BrNO2.ClH/c1-14-11-16(21)7-9-18(14)20-10-8-17(24-20)13-22-12-15-5-3-4-6-19(15)23-2;/h3-11,22H,12-13H2,1-2H3;1H. The Bertz CT molecular complexity index is 832. The van der Waals surface area contributed by atoms with Crippen molar-refractivity contribution in [2.24, 2.45) is 0 Å². The topological polar surface area (TPSA) is 34.4 Å². The van der Waals surface area contributed by atoms with Gasteiger partial charge in [-0.1, -0.05) is 34.1 Å². The summed E-state index contributed by atoms with van der Waals surface area (Å²) in [5.41, 5.74) is 3.44. The van der Waals surface area contributed by atoms with Crippen LogP contribution in [0.5, 0.6) is 5.75 Å². The quantitative estimate of drug-likeness (QED) is 0.550. The van der Waals surface area contributed by atoms with Crippen molar-refractivity contribution in [3.05, 3.63) is 76.0 Å². The number of benzene rings is 2. The van der Waals surface area contributed by atoms with E-state index < -0.39 is 0 Å². The molecule has 0 spiro atoms. The van der Waals surface area contributed by atoms with E-state index in [2.05, 4.69) is 46.4 Å². The Labute approximate surface area is 162 Å². The van der Waals surface area contributed by atoms with Gasteiger partial charge in [0.1, 0.15) is 17.3 Å². The van der Waals surface area contributed by atoms with Gasteiger partial charge in [0, 0.05) is 22.1 Å². The number of furan rings is 1. The zero-order chi connectivity index (χ0) is 16.9. The highest BCUT2D eigenvalue weighted by molar-refractivity contribution is 9.10. The SMILES string of the molecule is COc1ccccc1CNCc1ccc(-c2ccc(Br)cc2C)o1.Cl. The second kappa shape index (κ2) is 9.09. The minimum absolute atomic E-state index is 0. The lowest BCUT2D eigenvalue weighted by atomic mass is 10.1. The molecule has 0 fully saturated rings. The van der Waals surface area contributed by atoms with Gasteiger partial charge in [-0.3, -0.25) is 0 Å². The Morgan fingerprint density at radius 2 is 1.84 bits per heavy atom. The Morgan fingerprint density at radius 1 is 1.04 bits per heavy atom. The average molecular weight is 423 g/mol. The molecular weight excluding hydrogens is 402 g/mol. The van der Waals surface area contributed by atoms with E-state index in [0.29, 0.717) is 6.54 Å². The van der Waals surface area contributed by atoms with E-state index in [-0.39, 0.29) is 12.4 Å². The summed E-state index contributed by atoms with van der Waals surface area (Å²) in [5.74, 6) is 2.71. The van der Waals surface area contributed by atoms with Crippen molar-refractivity contribution < 1.29 is 9.15 Å². The molecule has 0 saturated heterocycles. The average Bonchev–Trinajstić information content (AvgIpc) is 3.04. The van der Waals surface area contributed by atoms with E-state index in [0.717, 1.165) is 39.4 Å². The predicted molar refractivity (Wildman–Crippen MR) is 107 cm³/mol. The fraction of sp³-hybridized carbons (Fsp3) is 0.200. The Morgan fingerprint density at radius 3 is 2.60 bits per heavy atom. The molecule has 0 amide bonds. The van der Waals surface area contributed by atoms with E-state index in [4.69, 9.17) is 9.15 Å². The molecule has 1 heterocycles. The Kier molecular flexibility index (Phi) is 7.12. The molecule has 25 heavy (non-hydrogen) atoms. The zero-order valence-electron chi connectivity index (χ0n) is 14.2. The van der Waals surface area contributed by atoms with E-state index in [1.807, 2.05) is 36.4 Å². The number of methoxy groups -OCH3 is 1. The first kappa shape index (κ1) is 19.6. The molecule has 3 nitrogen and oxygen atoms in total. The van der Waals surface area contributed by atoms with Gasteiger partial charge in [-0.05, 0) is 48.9 Å². The van der Waals surface area contributed by atoms with E-state index in [9.17, 15) is 0 Å². The third-order valence-corrected chi connectivity index (χ3v) is 4.42. The van der Waals surface area contributed by atoms with Crippen molar-refractivity contribution in [2.75, 3.05) is 7.11 Å². The summed E-state index contributed by atoms with van der Waals surface area (Å²) in [5, 5.41) is 3.40. The van der Waals surface area contributed by atoms with Crippen LogP contribution in [-0.4, -0.2) is 7.11 Å².